The quantitative estimate of drug-likeness (QED) is 0.142. The number of nitrogens with two attached hydrogens (primary N) is 2. The molecule has 0 saturated carbocycles. The number of nitrogens with zero attached hydrogens (tertiary/aromatic N) is 4. The van der Waals surface area contributed by atoms with Gasteiger partial charge < -0.3 is 42.1 Å². The van der Waals surface area contributed by atoms with Gasteiger partial charge in [-0.2, -0.15) is 0 Å². The number of anilines is 2. The highest BCUT2D eigenvalue weighted by molar-refractivity contribution is 9.11. The summed E-state index contributed by atoms with van der Waals surface area (Å²) in [6, 6.07) is 11.3. The van der Waals surface area contributed by atoms with E-state index in [2.05, 4.69) is 52.7 Å². The number of unbranched alkanes of at least 4 members (excludes halogenated alkanes) is 1. The lowest BCUT2D eigenvalue weighted by Crippen LogP contribution is -2.59. The van der Waals surface area contributed by atoms with Crippen molar-refractivity contribution in [3.05, 3.63) is 57.0 Å². The highest BCUT2D eigenvalue weighted by atomic mass is 79.9. The van der Waals surface area contributed by atoms with Crippen LogP contribution in [0.1, 0.15) is 69.8 Å². The Morgan fingerprint density at radius 1 is 0.833 bits per heavy atom. The number of likely N-dealkylation sites (tertiary alicyclic amines) is 3. The Labute approximate surface area is 336 Å². The van der Waals surface area contributed by atoms with Crippen LogP contribution in [0.25, 0.3) is 0 Å². The Bertz CT molecular complexity index is 1540. The number of halogens is 2. The first kappa shape index (κ1) is 41.8. The lowest BCUT2D eigenvalue weighted by molar-refractivity contribution is -0.138. The summed E-state index contributed by atoms with van der Waals surface area (Å²) < 4.78 is 1.34. The minimum absolute atomic E-state index is 0.0818. The number of carbonyl (C=O) groups excluding carboxylic acids is 4. The molecule has 13 nitrogen and oxygen atoms in total. The molecule has 3 aliphatic heterocycles. The SMILES string of the molecule is CNC(=O)N(c1ccccc1)C1CCN(C(=O)N[C@H](Cc2cc(Br)c(N)c(Br)c2)C(=O)N[C@@H](CCCCN)C(=O)N2CCC(N3CCCCC3)CC2)CC1. The van der Waals surface area contributed by atoms with Crippen molar-refractivity contribution in [2.45, 2.75) is 94.8 Å². The zero-order chi connectivity index (χ0) is 38.6. The van der Waals surface area contributed by atoms with E-state index in [9.17, 15) is 19.2 Å². The zero-order valence-corrected chi connectivity index (χ0v) is 34.6. The molecule has 7 N–H and O–H groups in total. The van der Waals surface area contributed by atoms with Gasteiger partial charge in [-0.1, -0.05) is 24.6 Å². The molecule has 2 aromatic carbocycles. The second-order valence-corrected chi connectivity index (χ2v) is 16.4. The summed E-state index contributed by atoms with van der Waals surface area (Å²) in [5.41, 5.74) is 14.1. The summed E-state index contributed by atoms with van der Waals surface area (Å²) in [5, 5.41) is 8.81. The van der Waals surface area contributed by atoms with Crippen molar-refractivity contribution in [1.82, 2.24) is 30.7 Å². The highest BCUT2D eigenvalue weighted by Crippen LogP contribution is 2.30. The molecule has 5 rings (SSSR count). The van der Waals surface area contributed by atoms with Gasteiger partial charge >= 0.3 is 12.1 Å². The Morgan fingerprint density at radius 3 is 2.07 bits per heavy atom. The van der Waals surface area contributed by atoms with E-state index >= 15 is 0 Å². The normalized spacial score (nSPS) is 18.4. The Kier molecular flexibility index (Phi) is 15.9. The maximum absolute atomic E-state index is 14.3. The van der Waals surface area contributed by atoms with Crippen molar-refractivity contribution in [2.24, 2.45) is 5.73 Å². The molecule has 54 heavy (non-hydrogen) atoms. The van der Waals surface area contributed by atoms with Gasteiger partial charge in [-0.25, -0.2) is 9.59 Å². The minimum Gasteiger partial charge on any atom is -0.397 e. The van der Waals surface area contributed by atoms with Crippen LogP contribution >= 0.6 is 31.9 Å². The summed E-state index contributed by atoms with van der Waals surface area (Å²) >= 11 is 7.02. The Hall–Kier alpha value is -3.40. The number of benzene rings is 2. The fraction of sp³-hybridized carbons (Fsp3) is 0.590. The fourth-order valence-electron chi connectivity index (χ4n) is 7.95. The van der Waals surface area contributed by atoms with Gasteiger partial charge in [-0.15, -0.1) is 0 Å². The number of carbonyl (C=O) groups is 4. The maximum Gasteiger partial charge on any atom is 0.321 e. The molecule has 6 amide bonds. The average Bonchev–Trinajstić information content (AvgIpc) is 3.20. The van der Waals surface area contributed by atoms with Crippen LogP contribution in [0.4, 0.5) is 21.0 Å². The number of rotatable bonds is 13. The number of para-hydroxylation sites is 1. The predicted molar refractivity (Wildman–Crippen MR) is 220 cm³/mol. The fourth-order valence-corrected chi connectivity index (χ4v) is 9.23. The first-order valence-corrected chi connectivity index (χ1v) is 21.1. The van der Waals surface area contributed by atoms with Gasteiger partial charge in [-0.3, -0.25) is 14.5 Å². The third kappa shape index (κ3) is 11.1. The molecule has 2 atom stereocenters. The average molecular weight is 876 g/mol. The van der Waals surface area contributed by atoms with Gasteiger partial charge in [0.25, 0.3) is 0 Å². The maximum atomic E-state index is 14.3. The molecule has 296 valence electrons. The predicted octanol–water partition coefficient (Wildman–Crippen LogP) is 4.82. The van der Waals surface area contributed by atoms with Crippen molar-refractivity contribution in [3.63, 3.8) is 0 Å². The van der Waals surface area contributed by atoms with Gasteiger partial charge in [0.15, 0.2) is 0 Å². The summed E-state index contributed by atoms with van der Waals surface area (Å²) in [6.07, 6.45) is 8.82. The largest absolute Gasteiger partial charge is 0.397 e. The van der Waals surface area contributed by atoms with Crippen molar-refractivity contribution >= 4 is 67.1 Å². The third-order valence-electron chi connectivity index (χ3n) is 11.0. The van der Waals surface area contributed by atoms with E-state index in [-0.39, 0.29) is 30.4 Å². The van der Waals surface area contributed by atoms with E-state index in [1.54, 1.807) is 16.8 Å². The van der Waals surface area contributed by atoms with Crippen LogP contribution in [0.2, 0.25) is 0 Å². The molecule has 2 aromatic rings. The molecule has 3 heterocycles. The molecule has 0 aliphatic carbocycles. The van der Waals surface area contributed by atoms with Crippen molar-refractivity contribution in [2.75, 3.05) is 63.5 Å². The van der Waals surface area contributed by atoms with Gasteiger partial charge in [0.1, 0.15) is 12.1 Å². The van der Waals surface area contributed by atoms with E-state index in [4.69, 9.17) is 11.5 Å². The molecule has 3 aliphatic rings. The number of hydrogen-bond donors (Lipinski definition) is 5. The van der Waals surface area contributed by atoms with E-state index in [0.29, 0.717) is 79.1 Å². The number of nitrogens with one attached hydrogen (secondary N) is 3. The van der Waals surface area contributed by atoms with Gasteiger partial charge in [-0.05, 0) is 139 Å². The van der Waals surface area contributed by atoms with Crippen molar-refractivity contribution in [1.29, 1.82) is 0 Å². The minimum atomic E-state index is -0.973. The van der Waals surface area contributed by atoms with Crippen molar-refractivity contribution in [3.8, 4) is 0 Å². The smallest absolute Gasteiger partial charge is 0.321 e. The highest BCUT2D eigenvalue weighted by Gasteiger charge is 2.35. The van der Waals surface area contributed by atoms with E-state index in [0.717, 1.165) is 43.6 Å². The Balaban J connectivity index is 1.28. The number of hydrogen-bond acceptors (Lipinski definition) is 7. The lowest BCUT2D eigenvalue weighted by Gasteiger charge is -2.41. The van der Waals surface area contributed by atoms with Crippen LogP contribution < -0.4 is 32.3 Å². The molecule has 3 saturated heterocycles. The number of urea groups is 2. The first-order valence-electron chi connectivity index (χ1n) is 19.5. The van der Waals surface area contributed by atoms with E-state index < -0.39 is 18.0 Å². The number of nitrogen functional groups attached to an aromatic ring is 1. The van der Waals surface area contributed by atoms with Gasteiger partial charge in [0.05, 0.1) is 5.69 Å². The molecule has 0 bridgehead atoms. The van der Waals surface area contributed by atoms with Crippen LogP contribution in [0, 0.1) is 0 Å². The standard InChI is InChI=1S/C39H57Br2N9O4/c1-44-38(53)50(29-10-4-2-5-11-29)30-15-22-49(23-16-30)39(54)46-34(26-27-24-31(40)35(43)32(41)25-27)36(51)45-33(12-6-7-17-42)37(52)48-20-13-28(14-21-48)47-18-8-3-9-19-47/h2,4-5,10-11,24-25,28,30,33-34H,3,6-9,12-23,26,42-43H2,1H3,(H,44,53)(H,45,51)(H,46,54)/t33-,34+/m0/s1. The summed E-state index contributed by atoms with van der Waals surface area (Å²) in [4.78, 5) is 63.0. The first-order chi connectivity index (χ1) is 26.1. The zero-order valence-electron chi connectivity index (χ0n) is 31.4. The third-order valence-corrected chi connectivity index (χ3v) is 12.3. The molecule has 3 fully saturated rings. The van der Waals surface area contributed by atoms with Gasteiger partial charge in [0.2, 0.25) is 11.8 Å². The second kappa shape index (κ2) is 20.5. The van der Waals surface area contributed by atoms with Crippen LogP contribution in [-0.4, -0.2) is 116 Å². The number of piperidine rings is 3. The van der Waals surface area contributed by atoms with E-state index in [1.165, 1.54) is 19.3 Å². The summed E-state index contributed by atoms with van der Waals surface area (Å²) in [6.45, 7) is 4.88. The van der Waals surface area contributed by atoms with Crippen LogP contribution in [-0.2, 0) is 16.0 Å². The molecule has 0 spiro atoms. The molecule has 15 heteroatoms. The number of amides is 6. The van der Waals surface area contributed by atoms with Gasteiger partial charge in [0, 0.05) is 66.4 Å². The molecular formula is C39H57Br2N9O4. The van der Waals surface area contributed by atoms with Crippen LogP contribution in [0.5, 0.6) is 0 Å². The van der Waals surface area contributed by atoms with Crippen LogP contribution in [0.3, 0.4) is 0 Å². The molecule has 0 unspecified atom stereocenters. The molecular weight excluding hydrogens is 818 g/mol. The topological polar surface area (TPSA) is 169 Å². The second-order valence-electron chi connectivity index (χ2n) is 14.7. The summed E-state index contributed by atoms with van der Waals surface area (Å²) in [5.74, 6) is -0.506. The molecule has 0 aromatic heterocycles. The van der Waals surface area contributed by atoms with Crippen molar-refractivity contribution < 1.29 is 19.2 Å². The monoisotopic (exact) mass is 873 g/mol. The van der Waals surface area contributed by atoms with Crippen LogP contribution in [0.15, 0.2) is 51.4 Å². The lowest BCUT2D eigenvalue weighted by atomic mass is 9.98. The van der Waals surface area contributed by atoms with E-state index in [1.807, 2.05) is 47.4 Å². The Morgan fingerprint density at radius 2 is 1.46 bits per heavy atom. The summed E-state index contributed by atoms with van der Waals surface area (Å²) in [7, 11) is 1.61. The molecule has 0 radical (unpaired) electrons.